The normalized spacial score (nSPS) is 25.5. The molecule has 2 aliphatic heterocycles. The van der Waals surface area contributed by atoms with Crippen LogP contribution in [0.4, 0.5) is 5.82 Å². The molecule has 6 heteroatoms. The maximum Gasteiger partial charge on any atom is 0.255 e. The molecule has 1 aromatic heterocycles. The maximum absolute atomic E-state index is 12.5. The van der Waals surface area contributed by atoms with Crippen molar-refractivity contribution in [3.63, 3.8) is 0 Å². The molecule has 2 saturated heterocycles. The third-order valence-corrected chi connectivity index (χ3v) is 4.71. The van der Waals surface area contributed by atoms with Crippen molar-refractivity contribution in [3.8, 4) is 0 Å². The van der Waals surface area contributed by atoms with Crippen LogP contribution in [0.3, 0.4) is 0 Å². The van der Waals surface area contributed by atoms with Crippen molar-refractivity contribution in [2.75, 3.05) is 31.1 Å². The Balaban J connectivity index is 1.76. The highest BCUT2D eigenvalue weighted by Crippen LogP contribution is 2.27. The molecule has 126 valence electrons. The average molecular weight is 338 g/mol. The van der Waals surface area contributed by atoms with Gasteiger partial charge in [-0.05, 0) is 39.2 Å². The Kier molecular flexibility index (Phi) is 5.07. The van der Waals surface area contributed by atoms with Gasteiger partial charge in [0.2, 0.25) is 0 Å². The SMILES string of the molecule is C[C@@H]1CN(c2ncc(C(=O)N3CCCCC3)cc2Cl)C[C@@H](C)O1. The van der Waals surface area contributed by atoms with E-state index in [1.54, 1.807) is 12.3 Å². The number of pyridine rings is 1. The number of carbonyl (C=O) groups is 1. The second kappa shape index (κ2) is 7.05. The van der Waals surface area contributed by atoms with Crippen LogP contribution in [-0.4, -0.2) is 54.2 Å². The van der Waals surface area contributed by atoms with Crippen molar-refractivity contribution in [1.29, 1.82) is 0 Å². The van der Waals surface area contributed by atoms with Crippen LogP contribution >= 0.6 is 11.6 Å². The summed E-state index contributed by atoms with van der Waals surface area (Å²) in [6.45, 7) is 7.27. The first-order valence-corrected chi connectivity index (χ1v) is 8.77. The van der Waals surface area contributed by atoms with Gasteiger partial charge in [0.15, 0.2) is 0 Å². The number of hydrogen-bond donors (Lipinski definition) is 0. The van der Waals surface area contributed by atoms with Crippen molar-refractivity contribution in [2.24, 2.45) is 0 Å². The van der Waals surface area contributed by atoms with E-state index in [0.717, 1.165) is 44.8 Å². The van der Waals surface area contributed by atoms with Crippen molar-refractivity contribution >= 4 is 23.3 Å². The number of morpholine rings is 1. The average Bonchev–Trinajstić information content (AvgIpc) is 2.54. The van der Waals surface area contributed by atoms with Gasteiger partial charge in [0.25, 0.3) is 5.91 Å². The first-order chi connectivity index (χ1) is 11.0. The summed E-state index contributed by atoms with van der Waals surface area (Å²) in [5, 5.41) is 0.536. The number of aromatic nitrogens is 1. The predicted octanol–water partition coefficient (Wildman–Crippen LogP) is 2.97. The van der Waals surface area contributed by atoms with Gasteiger partial charge in [-0.2, -0.15) is 0 Å². The highest BCUT2D eigenvalue weighted by atomic mass is 35.5. The molecule has 0 N–H and O–H groups in total. The van der Waals surface area contributed by atoms with Gasteiger partial charge in [-0.15, -0.1) is 0 Å². The van der Waals surface area contributed by atoms with E-state index in [1.165, 1.54) is 6.42 Å². The van der Waals surface area contributed by atoms with Gasteiger partial charge in [0, 0.05) is 32.4 Å². The summed E-state index contributed by atoms with van der Waals surface area (Å²) in [6.07, 6.45) is 5.30. The number of carbonyl (C=O) groups excluding carboxylic acids is 1. The van der Waals surface area contributed by atoms with Crippen LogP contribution < -0.4 is 4.90 Å². The Morgan fingerprint density at radius 3 is 2.48 bits per heavy atom. The molecule has 0 aromatic carbocycles. The zero-order chi connectivity index (χ0) is 16.4. The molecule has 0 saturated carbocycles. The third-order valence-electron chi connectivity index (χ3n) is 4.43. The second-order valence-corrected chi connectivity index (χ2v) is 6.95. The highest BCUT2D eigenvalue weighted by Gasteiger charge is 2.26. The van der Waals surface area contributed by atoms with Crippen molar-refractivity contribution in [3.05, 3.63) is 22.8 Å². The topological polar surface area (TPSA) is 45.7 Å². The minimum atomic E-state index is 0.0364. The van der Waals surface area contributed by atoms with Crippen LogP contribution in [-0.2, 0) is 4.74 Å². The molecule has 0 spiro atoms. The summed E-state index contributed by atoms with van der Waals surface area (Å²) >= 11 is 6.43. The molecule has 3 heterocycles. The first kappa shape index (κ1) is 16.5. The van der Waals surface area contributed by atoms with E-state index in [-0.39, 0.29) is 18.1 Å². The Morgan fingerprint density at radius 1 is 1.22 bits per heavy atom. The number of nitrogens with zero attached hydrogens (tertiary/aromatic N) is 3. The van der Waals surface area contributed by atoms with E-state index in [9.17, 15) is 4.79 Å². The molecule has 23 heavy (non-hydrogen) atoms. The summed E-state index contributed by atoms with van der Waals surface area (Å²) < 4.78 is 5.75. The standard InChI is InChI=1S/C17H24ClN3O2/c1-12-10-21(11-13(2)23-12)16-15(18)8-14(9-19-16)17(22)20-6-4-3-5-7-20/h8-9,12-13H,3-7,10-11H2,1-2H3/t12-,13-/m1/s1. The Morgan fingerprint density at radius 2 is 1.87 bits per heavy atom. The molecular formula is C17H24ClN3O2. The number of likely N-dealkylation sites (tertiary alicyclic amines) is 1. The molecule has 0 unspecified atom stereocenters. The maximum atomic E-state index is 12.5. The fraction of sp³-hybridized carbons (Fsp3) is 0.647. The molecule has 5 nitrogen and oxygen atoms in total. The van der Waals surface area contributed by atoms with Crippen molar-refractivity contribution < 1.29 is 9.53 Å². The Hall–Kier alpha value is -1.33. The zero-order valence-corrected chi connectivity index (χ0v) is 14.6. The predicted molar refractivity (Wildman–Crippen MR) is 91.2 cm³/mol. The number of anilines is 1. The lowest BCUT2D eigenvalue weighted by atomic mass is 10.1. The molecule has 3 rings (SSSR count). The van der Waals surface area contributed by atoms with Crippen LogP contribution in [0.2, 0.25) is 5.02 Å². The molecule has 1 amide bonds. The van der Waals surface area contributed by atoms with E-state index in [2.05, 4.69) is 9.88 Å². The van der Waals surface area contributed by atoms with Gasteiger partial charge in [-0.3, -0.25) is 4.79 Å². The number of rotatable bonds is 2. The number of halogens is 1. The lowest BCUT2D eigenvalue weighted by Gasteiger charge is -2.36. The van der Waals surface area contributed by atoms with Crippen molar-refractivity contribution in [2.45, 2.75) is 45.3 Å². The van der Waals surface area contributed by atoms with Crippen LogP contribution in [0, 0.1) is 0 Å². The number of piperidine rings is 1. The lowest BCUT2D eigenvalue weighted by Crippen LogP contribution is -2.46. The van der Waals surface area contributed by atoms with Crippen LogP contribution in [0.15, 0.2) is 12.3 Å². The first-order valence-electron chi connectivity index (χ1n) is 8.40. The largest absolute Gasteiger partial charge is 0.372 e. The van der Waals surface area contributed by atoms with Crippen LogP contribution in [0.25, 0.3) is 0 Å². The molecule has 1 aromatic rings. The fourth-order valence-electron chi connectivity index (χ4n) is 3.41. The number of amides is 1. The van der Waals surface area contributed by atoms with Crippen LogP contribution in [0.1, 0.15) is 43.5 Å². The molecule has 2 atom stereocenters. The van der Waals surface area contributed by atoms with Gasteiger partial charge in [-0.1, -0.05) is 11.6 Å². The van der Waals surface area contributed by atoms with Gasteiger partial charge in [0.1, 0.15) is 5.82 Å². The Labute approximate surface area is 142 Å². The van der Waals surface area contributed by atoms with Gasteiger partial charge < -0.3 is 14.5 Å². The summed E-state index contributed by atoms with van der Waals surface area (Å²) in [4.78, 5) is 21.0. The van der Waals surface area contributed by atoms with E-state index >= 15 is 0 Å². The summed E-state index contributed by atoms with van der Waals surface area (Å²) in [5.41, 5.74) is 0.579. The fourth-order valence-corrected chi connectivity index (χ4v) is 3.70. The molecule has 2 aliphatic rings. The summed E-state index contributed by atoms with van der Waals surface area (Å²) in [6, 6.07) is 1.76. The Bertz CT molecular complexity index is 565. The minimum absolute atomic E-state index is 0.0364. The molecular weight excluding hydrogens is 314 g/mol. The second-order valence-electron chi connectivity index (χ2n) is 6.54. The van der Waals surface area contributed by atoms with Gasteiger partial charge >= 0.3 is 0 Å². The van der Waals surface area contributed by atoms with E-state index in [4.69, 9.17) is 16.3 Å². The van der Waals surface area contributed by atoms with Crippen LogP contribution in [0.5, 0.6) is 0 Å². The van der Waals surface area contributed by atoms with Gasteiger partial charge in [0.05, 0.1) is 22.8 Å². The van der Waals surface area contributed by atoms with E-state index in [0.29, 0.717) is 10.6 Å². The number of hydrogen-bond acceptors (Lipinski definition) is 4. The number of ether oxygens (including phenoxy) is 1. The lowest BCUT2D eigenvalue weighted by molar-refractivity contribution is -0.00545. The summed E-state index contributed by atoms with van der Waals surface area (Å²) in [7, 11) is 0. The zero-order valence-electron chi connectivity index (χ0n) is 13.8. The van der Waals surface area contributed by atoms with Gasteiger partial charge in [-0.25, -0.2) is 4.98 Å². The third kappa shape index (κ3) is 3.78. The van der Waals surface area contributed by atoms with E-state index in [1.807, 2.05) is 18.7 Å². The van der Waals surface area contributed by atoms with E-state index < -0.39 is 0 Å². The monoisotopic (exact) mass is 337 g/mol. The molecule has 0 aliphatic carbocycles. The molecule has 0 bridgehead atoms. The highest BCUT2D eigenvalue weighted by molar-refractivity contribution is 6.33. The summed E-state index contributed by atoms with van der Waals surface area (Å²) in [5.74, 6) is 0.776. The minimum Gasteiger partial charge on any atom is -0.372 e. The van der Waals surface area contributed by atoms with Crippen molar-refractivity contribution in [1.82, 2.24) is 9.88 Å². The smallest absolute Gasteiger partial charge is 0.255 e. The molecule has 2 fully saturated rings. The molecule has 0 radical (unpaired) electrons. The quantitative estimate of drug-likeness (QED) is 0.832.